The summed E-state index contributed by atoms with van der Waals surface area (Å²) >= 11 is 6.54. The number of halogens is 1. The van der Waals surface area contributed by atoms with Crippen LogP contribution < -0.4 is 63.9 Å². The van der Waals surface area contributed by atoms with E-state index in [1.807, 2.05) is 36.4 Å². The molecule has 9 aromatic rings. The number of nitrogens with one attached hydrogen (secondary N) is 10. The number of aromatic amines is 3. The van der Waals surface area contributed by atoms with E-state index < -0.39 is 103 Å². The van der Waals surface area contributed by atoms with E-state index in [0.29, 0.717) is 44.7 Å². The molecule has 31 nitrogen and oxygen atoms in total. The van der Waals surface area contributed by atoms with E-state index in [-0.39, 0.29) is 88.9 Å². The number of nitrogen functional groups attached to an aromatic ring is 1. The minimum atomic E-state index is -1.83. The van der Waals surface area contributed by atoms with Crippen LogP contribution in [0.2, 0.25) is 0 Å². The summed E-state index contributed by atoms with van der Waals surface area (Å²) in [7, 11) is 2.13. The van der Waals surface area contributed by atoms with Crippen LogP contribution in [-0.2, 0) is 35.3 Å². The molecule has 0 radical (unpaired) electrons. The Morgan fingerprint density at radius 2 is 1.43 bits per heavy atom. The Balaban J connectivity index is 0.654. The minimum Gasteiger partial charge on any atom is -0.481 e. The van der Waals surface area contributed by atoms with Gasteiger partial charge in [-0.25, -0.2) is 24.4 Å². The molecule has 10 rings (SSSR count). The molecule has 1 aliphatic rings. The number of carboxylic acid groups (broad SMARTS) is 3. The summed E-state index contributed by atoms with van der Waals surface area (Å²) in [6, 6.07) is 24.4. The van der Waals surface area contributed by atoms with E-state index in [1.165, 1.54) is 30.5 Å². The summed E-state index contributed by atoms with van der Waals surface area (Å²) in [5, 5.41) is 49.9. The molecule has 5 aromatic carbocycles. The quantitative estimate of drug-likeness (QED) is 0.0176. The fourth-order valence-corrected chi connectivity index (χ4v) is 12.8. The topological polar surface area (TPSA) is 483 Å². The van der Waals surface area contributed by atoms with Crippen molar-refractivity contribution in [2.45, 2.75) is 55.9 Å². The zero-order valence-electron chi connectivity index (χ0n) is 50.8. The number of rotatable bonds is 29. The van der Waals surface area contributed by atoms with Gasteiger partial charge < -0.3 is 83.6 Å². The summed E-state index contributed by atoms with van der Waals surface area (Å²) in [4.78, 5) is 164. The normalized spacial score (nSPS) is 13.8. The molecule has 0 aliphatic carbocycles. The van der Waals surface area contributed by atoms with Crippen LogP contribution in [0.4, 0.5) is 27.8 Å². The lowest BCUT2D eigenvalue weighted by atomic mass is 9.95. The lowest BCUT2D eigenvalue weighted by molar-refractivity contribution is -0.143. The number of nitrogens with zero attached hydrogens (tertiary/aromatic N) is 4. The molecule has 0 bridgehead atoms. The molecule has 34 heteroatoms. The average molecular weight is 1380 g/mol. The van der Waals surface area contributed by atoms with Gasteiger partial charge >= 0.3 is 24.0 Å². The van der Waals surface area contributed by atoms with E-state index in [2.05, 4.69) is 67.1 Å². The molecule has 5 heterocycles. The number of carbonyl (C=O) groups is 10. The van der Waals surface area contributed by atoms with Crippen molar-refractivity contribution < 1.29 is 68.0 Å². The smallest absolute Gasteiger partial charge is 0.412 e. The van der Waals surface area contributed by atoms with Crippen molar-refractivity contribution in [3.8, 4) is 5.75 Å². The highest BCUT2D eigenvalue weighted by Gasteiger charge is 2.37. The first-order valence-electron chi connectivity index (χ1n) is 29.7. The number of aromatic nitrogens is 6. The van der Waals surface area contributed by atoms with Crippen molar-refractivity contribution in [3.63, 3.8) is 0 Å². The molecule has 0 fully saturated rings. The maximum absolute atomic E-state index is 14.4. The third kappa shape index (κ3) is 17.0. The van der Waals surface area contributed by atoms with Gasteiger partial charge in [-0.15, -0.1) is 11.6 Å². The molecular weight excluding hydrogens is 1320 g/mol. The van der Waals surface area contributed by atoms with Gasteiger partial charge in [0, 0.05) is 99.6 Å². The summed E-state index contributed by atoms with van der Waals surface area (Å²) in [6.45, 7) is -0.185. The van der Waals surface area contributed by atoms with Gasteiger partial charge in [0.25, 0.3) is 23.3 Å². The number of fused-ring (bicyclic) bond motifs is 6. The first-order chi connectivity index (χ1) is 46.6. The number of ether oxygens (including phenoxy) is 1. The van der Waals surface area contributed by atoms with Crippen LogP contribution in [0.5, 0.6) is 5.75 Å². The molecule has 4 aromatic heterocycles. The van der Waals surface area contributed by atoms with E-state index in [9.17, 15) is 68.1 Å². The van der Waals surface area contributed by atoms with Crippen LogP contribution in [0.1, 0.15) is 67.8 Å². The SMILES string of the molecule is Nc1nc2ncc(CNc3ccc(C(=O)N[C@H](CCC(=O)NC[C@H](N)C(=O)NC(CC(=O)O)C(=O)N[C@@H](CSSCCNC(=O)Oc4cc5c(c6ccccc46)[C@@H](CCl)CN5C(=O)c4cc5cc(NC(=O)c6cc7ccccc7[nH]6)ccc5[nH]4)C(=O)O)C(=O)O)cc3)nc2c(=O)[nH]1. The van der Waals surface area contributed by atoms with Crippen molar-refractivity contribution >= 4 is 159 Å². The Labute approximate surface area is 560 Å². The molecule has 0 saturated carbocycles. The number of amides is 7. The first kappa shape index (κ1) is 68.6. The first-order valence-corrected chi connectivity index (χ1v) is 32.7. The molecule has 1 unspecified atom stereocenters. The Bertz CT molecular complexity index is 4600. The molecule has 7 amide bonds. The molecular formula is C63H61ClN16O15S2. The van der Waals surface area contributed by atoms with Crippen LogP contribution in [0.25, 0.3) is 43.7 Å². The Kier molecular flexibility index (Phi) is 21.8. The third-order valence-corrected chi connectivity index (χ3v) is 18.1. The van der Waals surface area contributed by atoms with Crippen molar-refractivity contribution in [3.05, 3.63) is 154 Å². The summed E-state index contributed by atoms with van der Waals surface area (Å²) in [6.07, 6.45) is -1.29. The van der Waals surface area contributed by atoms with Crippen LogP contribution in [-0.4, -0.2) is 166 Å². The van der Waals surface area contributed by atoms with Gasteiger partial charge in [0.05, 0.1) is 30.5 Å². The summed E-state index contributed by atoms with van der Waals surface area (Å²) < 4.78 is 5.86. The highest BCUT2D eigenvalue weighted by molar-refractivity contribution is 8.76. The number of H-pyrrole nitrogens is 3. The largest absolute Gasteiger partial charge is 0.481 e. The number of hydrogen-bond donors (Lipinski definition) is 15. The Morgan fingerprint density at radius 3 is 2.18 bits per heavy atom. The zero-order chi connectivity index (χ0) is 69.0. The van der Waals surface area contributed by atoms with Crippen LogP contribution in [0, 0.1) is 0 Å². The van der Waals surface area contributed by atoms with Crippen LogP contribution in [0.15, 0.2) is 120 Å². The molecule has 17 N–H and O–H groups in total. The van der Waals surface area contributed by atoms with E-state index in [4.69, 9.17) is 27.8 Å². The monoisotopic (exact) mass is 1380 g/mol. The molecule has 0 saturated heterocycles. The maximum atomic E-state index is 14.4. The van der Waals surface area contributed by atoms with Gasteiger partial charge in [0.1, 0.15) is 41.3 Å². The van der Waals surface area contributed by atoms with Crippen molar-refractivity contribution in [2.75, 3.05) is 58.3 Å². The minimum absolute atomic E-state index is 0.0105. The molecule has 502 valence electrons. The van der Waals surface area contributed by atoms with Gasteiger partial charge in [-0.3, -0.25) is 43.3 Å². The number of para-hydroxylation sites is 1. The van der Waals surface area contributed by atoms with Crippen LogP contribution >= 0.6 is 33.2 Å². The van der Waals surface area contributed by atoms with E-state index in [0.717, 1.165) is 43.4 Å². The highest BCUT2D eigenvalue weighted by atomic mass is 35.5. The van der Waals surface area contributed by atoms with Crippen molar-refractivity contribution in [1.82, 2.24) is 56.5 Å². The average Bonchev–Trinajstić information content (AvgIpc) is 1.61. The molecule has 1 aliphatic heterocycles. The lowest BCUT2D eigenvalue weighted by Gasteiger charge is -2.22. The predicted octanol–water partition coefficient (Wildman–Crippen LogP) is 4.36. The number of benzene rings is 5. The van der Waals surface area contributed by atoms with Crippen molar-refractivity contribution in [2.24, 2.45) is 5.73 Å². The number of hydrogen-bond acceptors (Lipinski definition) is 20. The number of carbonyl (C=O) groups excluding carboxylic acids is 7. The summed E-state index contributed by atoms with van der Waals surface area (Å²) in [5.74, 6) is -9.14. The fraction of sp³-hybridized carbons (Fsp3) is 0.238. The Morgan fingerprint density at radius 1 is 0.732 bits per heavy atom. The van der Waals surface area contributed by atoms with E-state index in [1.54, 1.807) is 53.4 Å². The number of nitrogens with two attached hydrogens (primary N) is 2. The zero-order valence-corrected chi connectivity index (χ0v) is 53.2. The predicted molar refractivity (Wildman–Crippen MR) is 362 cm³/mol. The molecule has 0 spiro atoms. The number of alkyl halides is 1. The number of aliphatic carboxylic acids is 3. The molecule has 5 atom stereocenters. The van der Waals surface area contributed by atoms with Gasteiger partial charge in [0.2, 0.25) is 23.7 Å². The summed E-state index contributed by atoms with van der Waals surface area (Å²) in [5.41, 5.74) is 15.9. The maximum Gasteiger partial charge on any atom is 0.412 e. The van der Waals surface area contributed by atoms with Crippen LogP contribution in [0.3, 0.4) is 0 Å². The second-order valence-electron chi connectivity index (χ2n) is 22.0. The van der Waals surface area contributed by atoms with Crippen molar-refractivity contribution in [1.29, 1.82) is 0 Å². The second-order valence-corrected chi connectivity index (χ2v) is 25.0. The van der Waals surface area contributed by atoms with Gasteiger partial charge in [-0.05, 0) is 78.0 Å². The van der Waals surface area contributed by atoms with Gasteiger partial charge in [-0.2, -0.15) is 4.98 Å². The van der Waals surface area contributed by atoms with E-state index >= 15 is 0 Å². The Hall–Kier alpha value is -11.3. The van der Waals surface area contributed by atoms with Gasteiger partial charge in [0.15, 0.2) is 11.2 Å². The fourth-order valence-electron chi connectivity index (χ4n) is 10.5. The number of carboxylic acids is 3. The number of anilines is 4. The van der Waals surface area contributed by atoms with Gasteiger partial charge in [-0.1, -0.05) is 64.1 Å². The molecule has 97 heavy (non-hydrogen) atoms. The lowest BCUT2D eigenvalue weighted by Crippen LogP contribution is -2.57. The highest BCUT2D eigenvalue weighted by Crippen LogP contribution is 2.46. The standard InChI is InChI=1S/C63H61ClN16O15S2/c64-24-33-28-80(59(89)45-21-32-19-35(13-14-41(32)74-45)72-56(86)43-20-31-5-1-4-8-40(31)73-43)47-23-48(37-6-2-3-7-38(37)51(33)47)95-63(94)67-17-18-96-97-29-46(61(92)93)77-57(87)44(22-50(82)83)76-55(85)39(65)27-69-49(81)16-15-42(60(90)91)75-54(84)30-9-11-34(12-10-30)68-25-36-26-70-53-52(71-36)58(88)79-62(66)78-53/h1-14,19-21,23,26,33,39,42,44,46,68,73-74H,15-18,22,24-25,27-29,65H2,(H,67,94)(H,69,81)(H,72,86)(H,75,84)(H,76,85)(H,77,87)(H,82,83)(H,90,91)(H,92,93)(H3,66,70,78,79,88)/t33-,39-,42+,44?,46-/m0/s1. The second kappa shape index (κ2) is 30.9. The third-order valence-electron chi connectivity index (χ3n) is 15.3.